The number of hydrogen-bond acceptors (Lipinski definition) is 6. The summed E-state index contributed by atoms with van der Waals surface area (Å²) in [5, 5.41) is 0. The van der Waals surface area contributed by atoms with Gasteiger partial charge in [0, 0.05) is 37.5 Å². The molecule has 206 valence electrons. The van der Waals surface area contributed by atoms with Crippen molar-refractivity contribution in [2.45, 2.75) is 117 Å². The highest BCUT2D eigenvalue weighted by Crippen LogP contribution is 2.70. The Morgan fingerprint density at radius 1 is 0.973 bits per heavy atom. The fraction of sp³-hybridized carbons (Fsp3) is 0.871. The number of hydrogen-bond donors (Lipinski definition) is 0. The lowest BCUT2D eigenvalue weighted by Crippen LogP contribution is -2.55. The first-order valence-corrected chi connectivity index (χ1v) is 14.9. The van der Waals surface area contributed by atoms with Gasteiger partial charge in [0.2, 0.25) is 0 Å². The Labute approximate surface area is 222 Å². The third-order valence-corrected chi connectivity index (χ3v) is 12.0. The molecule has 0 aromatic carbocycles. The van der Waals surface area contributed by atoms with E-state index in [0.717, 1.165) is 58.0 Å². The van der Waals surface area contributed by atoms with E-state index >= 15 is 0 Å². The van der Waals surface area contributed by atoms with Crippen LogP contribution in [0.5, 0.6) is 0 Å². The molecule has 2 saturated heterocycles. The smallest absolute Gasteiger partial charge is 0.303 e. The van der Waals surface area contributed by atoms with Gasteiger partial charge in [0.1, 0.15) is 12.2 Å². The maximum Gasteiger partial charge on any atom is 0.303 e. The first-order chi connectivity index (χ1) is 17.5. The van der Waals surface area contributed by atoms with E-state index in [-0.39, 0.29) is 47.0 Å². The Kier molecular flexibility index (Phi) is 6.15. The Morgan fingerprint density at radius 3 is 2.41 bits per heavy atom. The van der Waals surface area contributed by atoms with Gasteiger partial charge in [-0.1, -0.05) is 33.3 Å². The topological polar surface area (TPSA) is 71.1 Å². The summed E-state index contributed by atoms with van der Waals surface area (Å²) >= 11 is 0. The maximum atomic E-state index is 12.5. The van der Waals surface area contributed by atoms with Crippen LogP contribution in [0.25, 0.3) is 0 Å². The molecule has 1 spiro atoms. The van der Waals surface area contributed by atoms with Crippen LogP contribution in [0.3, 0.4) is 0 Å². The van der Waals surface area contributed by atoms with Gasteiger partial charge >= 0.3 is 11.9 Å². The fourth-order valence-electron chi connectivity index (χ4n) is 10.1. The molecule has 0 unspecified atom stereocenters. The van der Waals surface area contributed by atoms with Crippen LogP contribution in [0.15, 0.2) is 11.6 Å². The molecule has 6 nitrogen and oxygen atoms in total. The van der Waals surface area contributed by atoms with Gasteiger partial charge in [-0.25, -0.2) is 0 Å². The van der Waals surface area contributed by atoms with Gasteiger partial charge in [-0.3, -0.25) is 9.59 Å². The van der Waals surface area contributed by atoms with Crippen LogP contribution in [0.2, 0.25) is 0 Å². The second-order valence-electron chi connectivity index (χ2n) is 13.9. The van der Waals surface area contributed by atoms with Gasteiger partial charge in [0.25, 0.3) is 0 Å². The predicted molar refractivity (Wildman–Crippen MR) is 138 cm³/mol. The molecule has 6 aliphatic rings. The molecular weight excluding hydrogens is 468 g/mol. The van der Waals surface area contributed by atoms with Gasteiger partial charge in [0.15, 0.2) is 5.79 Å². The van der Waals surface area contributed by atoms with Gasteiger partial charge in [-0.2, -0.15) is 0 Å². The highest BCUT2D eigenvalue weighted by molar-refractivity contribution is 5.67. The van der Waals surface area contributed by atoms with Crippen molar-refractivity contribution in [3.05, 3.63) is 11.6 Å². The van der Waals surface area contributed by atoms with Crippen molar-refractivity contribution in [3.8, 4) is 0 Å². The molecule has 0 N–H and O–H groups in total. The lowest BCUT2D eigenvalue weighted by molar-refractivity contribution is -0.272. The summed E-state index contributed by atoms with van der Waals surface area (Å²) in [6.45, 7) is 13.2. The number of carbonyl (C=O) groups excluding carboxylic acids is 2. The molecule has 12 atom stereocenters. The van der Waals surface area contributed by atoms with Crippen LogP contribution in [-0.2, 0) is 28.5 Å². The van der Waals surface area contributed by atoms with Crippen molar-refractivity contribution in [2.75, 3.05) is 6.61 Å². The van der Waals surface area contributed by atoms with E-state index < -0.39 is 5.79 Å². The highest BCUT2D eigenvalue weighted by Gasteiger charge is 2.71. The average Bonchev–Trinajstić information content (AvgIpc) is 3.27. The molecule has 5 fully saturated rings. The van der Waals surface area contributed by atoms with Gasteiger partial charge in [-0.05, 0) is 80.1 Å². The molecular formula is C31H46O6. The van der Waals surface area contributed by atoms with Crippen LogP contribution in [0.1, 0.15) is 92.9 Å². The van der Waals surface area contributed by atoms with Crippen LogP contribution in [0, 0.1) is 46.3 Å². The van der Waals surface area contributed by atoms with E-state index in [1.165, 1.54) is 12.5 Å². The lowest BCUT2D eigenvalue weighted by atomic mass is 9.47. The van der Waals surface area contributed by atoms with Gasteiger partial charge in [-0.15, -0.1) is 0 Å². The third-order valence-electron chi connectivity index (χ3n) is 12.0. The highest BCUT2D eigenvalue weighted by atomic mass is 16.7. The molecule has 6 rings (SSSR count). The minimum Gasteiger partial charge on any atom is -0.463 e. The Morgan fingerprint density at radius 2 is 1.73 bits per heavy atom. The van der Waals surface area contributed by atoms with Crippen LogP contribution in [-0.4, -0.2) is 42.6 Å². The summed E-state index contributed by atoms with van der Waals surface area (Å²) in [5.74, 6) is 1.69. The van der Waals surface area contributed by atoms with Crippen molar-refractivity contribution < 1.29 is 28.5 Å². The molecule has 37 heavy (non-hydrogen) atoms. The van der Waals surface area contributed by atoms with Crippen molar-refractivity contribution in [1.82, 2.24) is 0 Å². The maximum absolute atomic E-state index is 12.5. The minimum absolute atomic E-state index is 0.0281. The van der Waals surface area contributed by atoms with Crippen molar-refractivity contribution in [1.29, 1.82) is 0 Å². The average molecular weight is 515 g/mol. The number of esters is 2. The van der Waals surface area contributed by atoms with Gasteiger partial charge in [0.05, 0.1) is 12.7 Å². The molecule has 4 aliphatic carbocycles. The molecule has 3 saturated carbocycles. The summed E-state index contributed by atoms with van der Waals surface area (Å²) < 4.78 is 25.3. The molecule has 2 aliphatic heterocycles. The lowest BCUT2D eigenvalue weighted by Gasteiger charge is -2.58. The first-order valence-electron chi connectivity index (χ1n) is 14.9. The zero-order valence-electron chi connectivity index (χ0n) is 23.6. The SMILES string of the molecule is CC(=O)O[C@@H]1CC[C@]2(C)C3=C[C@H](OC(C)=O)[C@@]4(C)[C@@H]5[C@H](C[C@@H]4[C@H]3CC[C@H]2C1)O[C@]1(CC[C@H](C)CO1)[C@H]5C. The number of rotatable bonds is 2. The van der Waals surface area contributed by atoms with E-state index in [4.69, 9.17) is 18.9 Å². The second kappa shape index (κ2) is 8.81. The summed E-state index contributed by atoms with van der Waals surface area (Å²) in [6.07, 6.45) is 10.6. The molecule has 2 heterocycles. The van der Waals surface area contributed by atoms with Gasteiger partial charge < -0.3 is 18.9 Å². The summed E-state index contributed by atoms with van der Waals surface area (Å²) in [4.78, 5) is 24.1. The van der Waals surface area contributed by atoms with Crippen molar-refractivity contribution in [3.63, 3.8) is 0 Å². The Balaban J connectivity index is 1.34. The number of allylic oxidation sites excluding steroid dienone is 1. The van der Waals surface area contributed by atoms with Crippen LogP contribution in [0.4, 0.5) is 0 Å². The monoisotopic (exact) mass is 514 g/mol. The van der Waals surface area contributed by atoms with E-state index in [2.05, 4.69) is 33.8 Å². The molecule has 0 bridgehead atoms. The zero-order valence-corrected chi connectivity index (χ0v) is 23.6. The number of carbonyl (C=O) groups is 2. The van der Waals surface area contributed by atoms with E-state index in [0.29, 0.717) is 29.6 Å². The quantitative estimate of drug-likeness (QED) is 0.341. The normalized spacial score (nSPS) is 52.4. The second-order valence-corrected chi connectivity index (χ2v) is 13.9. The zero-order chi connectivity index (χ0) is 26.3. The van der Waals surface area contributed by atoms with E-state index in [1.54, 1.807) is 6.92 Å². The van der Waals surface area contributed by atoms with E-state index in [1.807, 2.05) is 0 Å². The van der Waals surface area contributed by atoms with E-state index in [9.17, 15) is 9.59 Å². The molecule has 6 heteroatoms. The molecule has 0 aromatic heterocycles. The molecule has 0 amide bonds. The standard InChI is InChI=1S/C31H46O6/c1-17-9-12-31(34-16-17)18(2)28-26(37-31)14-25-23-8-7-21-13-22(35-19(3)32)10-11-29(21,5)24(23)15-27(30(25,28)6)36-20(4)33/h15,17-18,21-23,25-28H,7-14,16H2,1-6H3/t17-,18-,21-,22+,23-,25+,26-,27-,28-,29-,30-,31+/m0/s1. The van der Waals surface area contributed by atoms with Crippen LogP contribution < -0.4 is 0 Å². The third kappa shape index (κ3) is 3.78. The van der Waals surface area contributed by atoms with Crippen molar-refractivity contribution >= 4 is 11.9 Å². The Hall–Kier alpha value is -1.40. The summed E-state index contributed by atoms with van der Waals surface area (Å²) in [5.41, 5.74) is 1.40. The Bertz CT molecular complexity index is 980. The summed E-state index contributed by atoms with van der Waals surface area (Å²) in [7, 11) is 0. The number of fused-ring (bicyclic) bond motifs is 7. The molecule has 0 radical (unpaired) electrons. The largest absolute Gasteiger partial charge is 0.463 e. The fourth-order valence-corrected chi connectivity index (χ4v) is 10.1. The first kappa shape index (κ1) is 25.9. The van der Waals surface area contributed by atoms with Crippen molar-refractivity contribution in [2.24, 2.45) is 46.3 Å². The number of ether oxygens (including phenoxy) is 4. The van der Waals surface area contributed by atoms with Crippen LogP contribution >= 0.6 is 0 Å². The predicted octanol–water partition coefficient (Wildman–Crippen LogP) is 5.83. The molecule has 0 aromatic rings. The summed E-state index contributed by atoms with van der Waals surface area (Å²) in [6, 6.07) is 0. The minimum atomic E-state index is -0.487.